The van der Waals surface area contributed by atoms with E-state index in [0.29, 0.717) is 16.8 Å². The molecule has 0 fully saturated rings. The minimum Gasteiger partial charge on any atom is -0.480 e. The van der Waals surface area contributed by atoms with Crippen LogP contribution in [-0.4, -0.2) is 110 Å². The van der Waals surface area contributed by atoms with Crippen LogP contribution in [0.2, 0.25) is 0 Å². The summed E-state index contributed by atoms with van der Waals surface area (Å²) in [4.78, 5) is 103. The lowest BCUT2D eigenvalue weighted by molar-refractivity contribution is -0.142. The largest absolute Gasteiger partial charge is 0.480 e. The molecule has 20 heteroatoms. The molecule has 20 nitrogen and oxygen atoms in total. The fraction of sp³-hybridized carbons (Fsp3) is 0.419. The van der Waals surface area contributed by atoms with Gasteiger partial charge in [0.2, 0.25) is 35.4 Å². The van der Waals surface area contributed by atoms with Gasteiger partial charge in [0.1, 0.15) is 36.3 Å². The van der Waals surface area contributed by atoms with Crippen LogP contribution in [-0.2, 0) is 52.8 Å². The van der Waals surface area contributed by atoms with Crippen molar-refractivity contribution in [1.29, 1.82) is 5.41 Å². The second-order valence-corrected chi connectivity index (χ2v) is 15.7. The zero-order valence-electron chi connectivity index (χ0n) is 35.7. The number of carboxylic acids is 1. The highest BCUT2D eigenvalue weighted by Gasteiger charge is 2.33. The number of hydrogen-bond donors (Lipinski definition) is 12. The van der Waals surface area contributed by atoms with Crippen molar-refractivity contribution in [2.75, 3.05) is 6.54 Å². The van der Waals surface area contributed by atoms with Gasteiger partial charge in [0.25, 0.3) is 0 Å². The van der Waals surface area contributed by atoms with Gasteiger partial charge in [-0.3, -0.25) is 34.2 Å². The molecule has 63 heavy (non-hydrogen) atoms. The number of H-pyrrole nitrogens is 2. The van der Waals surface area contributed by atoms with Crippen LogP contribution in [0.3, 0.4) is 0 Å². The number of carbonyl (C=O) groups is 7. The molecule has 2 heterocycles. The molecule has 6 amide bonds. The van der Waals surface area contributed by atoms with E-state index in [2.05, 4.69) is 52.2 Å². The molecule has 2 aromatic carbocycles. The van der Waals surface area contributed by atoms with Gasteiger partial charge < -0.3 is 58.0 Å². The van der Waals surface area contributed by atoms with Crippen LogP contribution in [0.1, 0.15) is 63.8 Å². The third kappa shape index (κ3) is 15.6. The Hall–Kier alpha value is -7.25. The molecule has 0 aliphatic heterocycles. The number of nitrogens with one attached hydrogen (secondary N) is 10. The fourth-order valence-corrected chi connectivity index (χ4v) is 6.84. The highest BCUT2D eigenvalue weighted by atomic mass is 16.4. The van der Waals surface area contributed by atoms with Gasteiger partial charge in [0.15, 0.2) is 5.96 Å². The summed E-state index contributed by atoms with van der Waals surface area (Å²) in [5.41, 5.74) is 8.08. The summed E-state index contributed by atoms with van der Waals surface area (Å²) in [5.74, 6) is -5.80. The maximum Gasteiger partial charge on any atom is 0.326 e. The molecule has 0 aliphatic carbocycles. The summed E-state index contributed by atoms with van der Waals surface area (Å²) in [6.45, 7) is 6.50. The maximum absolute atomic E-state index is 14.3. The molecule has 0 aliphatic rings. The number of benzene rings is 2. The summed E-state index contributed by atoms with van der Waals surface area (Å²) in [6, 6.07) is 8.79. The smallest absolute Gasteiger partial charge is 0.326 e. The molecule has 338 valence electrons. The van der Waals surface area contributed by atoms with E-state index in [-0.39, 0.29) is 56.9 Å². The van der Waals surface area contributed by atoms with Crippen molar-refractivity contribution < 1.29 is 38.7 Å². The summed E-state index contributed by atoms with van der Waals surface area (Å²) in [5, 5.41) is 36.9. The number of nitrogens with two attached hydrogens (primary N) is 1. The van der Waals surface area contributed by atoms with E-state index in [1.165, 1.54) is 20.2 Å². The van der Waals surface area contributed by atoms with Crippen LogP contribution in [0.4, 0.5) is 0 Å². The van der Waals surface area contributed by atoms with Crippen LogP contribution in [0.25, 0.3) is 10.9 Å². The average molecular weight is 871 g/mol. The second kappa shape index (κ2) is 23.7. The molecule has 0 saturated carbocycles. The van der Waals surface area contributed by atoms with E-state index in [1.807, 2.05) is 38.1 Å². The average Bonchev–Trinajstić information content (AvgIpc) is 3.90. The number of carboxylic acid groups (broad SMARTS) is 1. The van der Waals surface area contributed by atoms with Crippen molar-refractivity contribution in [1.82, 2.24) is 52.2 Å². The minimum atomic E-state index is -1.34. The van der Waals surface area contributed by atoms with Gasteiger partial charge >= 0.3 is 5.97 Å². The highest BCUT2D eigenvalue weighted by molar-refractivity contribution is 5.97. The quantitative estimate of drug-likeness (QED) is 0.0258. The van der Waals surface area contributed by atoms with Crippen molar-refractivity contribution in [3.63, 3.8) is 0 Å². The molecule has 0 saturated heterocycles. The van der Waals surface area contributed by atoms with Gasteiger partial charge in [-0.15, -0.1) is 0 Å². The Labute approximate surface area is 364 Å². The number of nitrogens with zero attached hydrogens (tertiary/aromatic N) is 1. The topological polar surface area (TPSA) is 318 Å². The molecule has 0 spiro atoms. The molecular formula is C43H58N12O8. The number of imidazole rings is 1. The predicted molar refractivity (Wildman–Crippen MR) is 234 cm³/mol. The van der Waals surface area contributed by atoms with Gasteiger partial charge in [0.05, 0.1) is 12.0 Å². The first-order chi connectivity index (χ1) is 30.0. The fourth-order valence-electron chi connectivity index (χ4n) is 6.84. The molecule has 4 aromatic rings. The van der Waals surface area contributed by atoms with Gasteiger partial charge in [0, 0.05) is 56.0 Å². The molecule has 0 bridgehead atoms. The Kier molecular flexibility index (Phi) is 18.2. The lowest BCUT2D eigenvalue weighted by Crippen LogP contribution is -2.59. The van der Waals surface area contributed by atoms with Crippen LogP contribution >= 0.6 is 0 Å². The number of aliphatic carboxylic acids is 1. The number of hydrogen-bond acceptors (Lipinski definition) is 9. The van der Waals surface area contributed by atoms with E-state index >= 15 is 0 Å². The normalized spacial score (nSPS) is 13.9. The first-order valence-corrected chi connectivity index (χ1v) is 20.7. The summed E-state index contributed by atoms with van der Waals surface area (Å²) in [7, 11) is 0. The van der Waals surface area contributed by atoms with Crippen molar-refractivity contribution >= 4 is 58.3 Å². The minimum absolute atomic E-state index is 0.000375. The summed E-state index contributed by atoms with van der Waals surface area (Å²) >= 11 is 0. The SMILES string of the molecule is CC(=O)N[C@@H](Cc1c[nH]cn1)C(=O)N[C@@H](C)C(=O)N[C@@H](CC(C)C)C(=O)N[C@@H](CCCNC(=N)N)C(=O)N[C@@H](Cc1c[nH]c2ccccc12)C(=O)N[C@@H](Cc1ccccc1)C(=O)O. The van der Waals surface area contributed by atoms with E-state index in [0.717, 1.165) is 10.9 Å². The second-order valence-electron chi connectivity index (χ2n) is 15.7. The first kappa shape index (κ1) is 48.4. The number of aromatic amines is 2. The number of para-hydroxylation sites is 1. The molecule has 2 aromatic heterocycles. The Morgan fingerprint density at radius 1 is 0.714 bits per heavy atom. The van der Waals surface area contributed by atoms with Crippen molar-refractivity contribution in [2.24, 2.45) is 11.7 Å². The summed E-state index contributed by atoms with van der Waals surface area (Å²) < 4.78 is 0. The van der Waals surface area contributed by atoms with E-state index in [4.69, 9.17) is 11.1 Å². The third-order valence-electron chi connectivity index (χ3n) is 10.0. The molecular weight excluding hydrogens is 813 g/mol. The van der Waals surface area contributed by atoms with Gasteiger partial charge in [-0.05, 0) is 49.3 Å². The van der Waals surface area contributed by atoms with E-state index in [1.54, 1.807) is 42.7 Å². The zero-order chi connectivity index (χ0) is 46.1. The maximum atomic E-state index is 14.3. The van der Waals surface area contributed by atoms with Crippen molar-refractivity contribution in [2.45, 2.75) is 102 Å². The van der Waals surface area contributed by atoms with Crippen molar-refractivity contribution in [3.05, 3.63) is 90.1 Å². The first-order valence-electron chi connectivity index (χ1n) is 20.7. The molecule has 4 rings (SSSR count). The number of guanidine groups is 1. The van der Waals surface area contributed by atoms with Gasteiger partial charge in [-0.25, -0.2) is 9.78 Å². The Morgan fingerprint density at radius 2 is 1.32 bits per heavy atom. The van der Waals surface area contributed by atoms with E-state index < -0.39 is 77.7 Å². The number of carbonyl (C=O) groups excluding carboxylic acids is 6. The monoisotopic (exact) mass is 870 g/mol. The van der Waals surface area contributed by atoms with Crippen LogP contribution in [0.5, 0.6) is 0 Å². The zero-order valence-corrected chi connectivity index (χ0v) is 35.7. The lowest BCUT2D eigenvalue weighted by atomic mass is 10.0. The van der Waals surface area contributed by atoms with Crippen LogP contribution in [0, 0.1) is 11.3 Å². The number of rotatable bonds is 24. The van der Waals surface area contributed by atoms with Crippen molar-refractivity contribution in [3.8, 4) is 0 Å². The molecule has 0 radical (unpaired) electrons. The van der Waals surface area contributed by atoms with E-state index in [9.17, 15) is 38.7 Å². The Balaban J connectivity index is 1.55. The molecule has 13 N–H and O–H groups in total. The highest BCUT2D eigenvalue weighted by Crippen LogP contribution is 2.20. The van der Waals surface area contributed by atoms with Crippen LogP contribution in [0.15, 0.2) is 73.3 Å². The third-order valence-corrected chi connectivity index (χ3v) is 10.0. The van der Waals surface area contributed by atoms with Gasteiger partial charge in [-0.2, -0.15) is 0 Å². The molecule has 0 unspecified atom stereocenters. The van der Waals surface area contributed by atoms with Crippen LogP contribution < -0.4 is 43.0 Å². The Bertz CT molecular complexity index is 2190. The number of amides is 6. The Morgan fingerprint density at radius 3 is 1.97 bits per heavy atom. The number of fused-ring (bicyclic) bond motifs is 1. The predicted octanol–water partition coefficient (Wildman–Crippen LogP) is 0.261. The number of aromatic nitrogens is 3. The standard InChI is InChI=1S/C43H58N12O8/c1-24(2)17-33(53-37(57)25(3)50-39(59)35(51-26(4)56)20-29-22-46-23-49-29)40(60)52-32(15-10-16-47-43(44)45)38(58)54-34(19-28-21-48-31-14-9-8-13-30(28)31)41(61)55-36(42(62)63)18-27-11-6-5-7-12-27/h5-9,11-14,21-25,32-36,48H,10,15-20H2,1-4H3,(H,46,49)(H,50,59)(H,51,56)(H,52,60)(H,53,57)(H,54,58)(H,55,61)(H,62,63)(H4,44,45,47)/t25-,32-,33-,34-,35-,36-/m0/s1. The lowest BCUT2D eigenvalue weighted by Gasteiger charge is -2.27. The van der Waals surface area contributed by atoms with Gasteiger partial charge in [-0.1, -0.05) is 62.4 Å². The summed E-state index contributed by atoms with van der Waals surface area (Å²) in [6.07, 6.45) is 5.03. The molecule has 6 atom stereocenters.